The Hall–Kier alpha value is -3.55. The van der Waals surface area contributed by atoms with E-state index in [1.165, 1.54) is 12.3 Å². The highest BCUT2D eigenvalue weighted by molar-refractivity contribution is 5.96. The predicted octanol–water partition coefficient (Wildman–Crippen LogP) is 4.29. The minimum atomic E-state index is -0.233. The SMILES string of the molecule is C=CN=C(N=C)Nc1cc(NCCc2c(C)[nH]c3c(F)ccc(C)c23)nc(C)n1. The van der Waals surface area contributed by atoms with Gasteiger partial charge in [0.05, 0.1) is 5.52 Å². The van der Waals surface area contributed by atoms with Crippen molar-refractivity contribution in [1.29, 1.82) is 0 Å². The van der Waals surface area contributed by atoms with Gasteiger partial charge < -0.3 is 15.6 Å². The molecule has 2 aromatic heterocycles. The molecule has 0 amide bonds. The first kappa shape index (κ1) is 20.2. The number of benzene rings is 1. The summed E-state index contributed by atoms with van der Waals surface area (Å²) >= 11 is 0. The fourth-order valence-electron chi connectivity index (χ4n) is 3.31. The van der Waals surface area contributed by atoms with Crippen molar-refractivity contribution in [3.05, 3.63) is 59.4 Å². The van der Waals surface area contributed by atoms with Gasteiger partial charge in [0, 0.05) is 29.9 Å². The lowest BCUT2D eigenvalue weighted by Gasteiger charge is -2.10. The maximum absolute atomic E-state index is 14.1. The number of aromatic amines is 1. The number of fused-ring (bicyclic) bond motifs is 1. The zero-order valence-electron chi connectivity index (χ0n) is 16.8. The number of halogens is 1. The molecule has 7 nitrogen and oxygen atoms in total. The maximum Gasteiger partial charge on any atom is 0.227 e. The molecule has 0 saturated heterocycles. The van der Waals surface area contributed by atoms with E-state index >= 15 is 0 Å². The summed E-state index contributed by atoms with van der Waals surface area (Å²) in [6.07, 6.45) is 2.10. The number of aliphatic imine (C=N–C) groups is 2. The van der Waals surface area contributed by atoms with Gasteiger partial charge in [-0.25, -0.2) is 24.3 Å². The average molecular weight is 393 g/mol. The fraction of sp³-hybridized carbons (Fsp3) is 0.238. The van der Waals surface area contributed by atoms with Crippen LogP contribution in [0.2, 0.25) is 0 Å². The highest BCUT2D eigenvalue weighted by Crippen LogP contribution is 2.28. The zero-order valence-corrected chi connectivity index (χ0v) is 16.8. The van der Waals surface area contributed by atoms with Crippen LogP contribution < -0.4 is 10.6 Å². The van der Waals surface area contributed by atoms with Crippen molar-refractivity contribution >= 4 is 35.2 Å². The third-order valence-corrected chi connectivity index (χ3v) is 4.55. The molecule has 2 heterocycles. The molecule has 0 atom stereocenters. The summed E-state index contributed by atoms with van der Waals surface area (Å²) in [4.78, 5) is 19.7. The Labute approximate surface area is 168 Å². The van der Waals surface area contributed by atoms with Gasteiger partial charge in [-0.3, -0.25) is 0 Å². The van der Waals surface area contributed by atoms with Crippen molar-refractivity contribution in [2.24, 2.45) is 9.98 Å². The van der Waals surface area contributed by atoms with Gasteiger partial charge in [0.1, 0.15) is 23.3 Å². The third kappa shape index (κ3) is 4.48. The lowest BCUT2D eigenvalue weighted by atomic mass is 10.0. The number of hydrogen-bond acceptors (Lipinski definition) is 4. The zero-order chi connectivity index (χ0) is 21.0. The van der Waals surface area contributed by atoms with E-state index in [2.05, 4.69) is 48.9 Å². The van der Waals surface area contributed by atoms with Crippen molar-refractivity contribution in [3.8, 4) is 0 Å². The van der Waals surface area contributed by atoms with E-state index < -0.39 is 0 Å². The van der Waals surface area contributed by atoms with Crippen LogP contribution in [0, 0.1) is 26.6 Å². The molecule has 0 unspecified atom stereocenters. The quantitative estimate of drug-likeness (QED) is 0.430. The Morgan fingerprint density at radius 1 is 1.24 bits per heavy atom. The van der Waals surface area contributed by atoms with Crippen LogP contribution in [0.3, 0.4) is 0 Å². The number of anilines is 2. The van der Waals surface area contributed by atoms with Gasteiger partial charge in [-0.2, -0.15) is 0 Å². The fourth-order valence-corrected chi connectivity index (χ4v) is 3.31. The smallest absolute Gasteiger partial charge is 0.227 e. The van der Waals surface area contributed by atoms with E-state index in [4.69, 9.17) is 0 Å². The summed E-state index contributed by atoms with van der Waals surface area (Å²) in [5.41, 5.74) is 3.69. The van der Waals surface area contributed by atoms with Crippen LogP contribution in [0.25, 0.3) is 10.9 Å². The third-order valence-electron chi connectivity index (χ3n) is 4.55. The van der Waals surface area contributed by atoms with Crippen LogP contribution in [0.1, 0.15) is 22.6 Å². The molecule has 29 heavy (non-hydrogen) atoms. The molecule has 3 rings (SSSR count). The summed E-state index contributed by atoms with van der Waals surface area (Å²) < 4.78 is 14.1. The predicted molar refractivity (Wildman–Crippen MR) is 117 cm³/mol. The standard InChI is InChI=1S/C21H24FN7/c1-6-24-21(23-5)29-18-11-17(27-14(4)28-18)25-10-9-15-13(3)26-20-16(22)8-7-12(2)19(15)20/h6-8,11,26H,1,5,9-10H2,2-4H3,(H2,24,25,27,28,29). The number of aryl methyl sites for hydroxylation is 3. The first-order chi connectivity index (χ1) is 13.9. The maximum atomic E-state index is 14.1. The molecule has 0 bridgehead atoms. The second-order valence-electron chi connectivity index (χ2n) is 6.62. The van der Waals surface area contributed by atoms with Gasteiger partial charge in [0.25, 0.3) is 0 Å². The van der Waals surface area contributed by atoms with Crippen LogP contribution in [-0.2, 0) is 6.42 Å². The first-order valence-electron chi connectivity index (χ1n) is 9.21. The summed E-state index contributed by atoms with van der Waals surface area (Å²) in [6.45, 7) is 13.4. The van der Waals surface area contributed by atoms with E-state index in [0.717, 1.165) is 28.6 Å². The molecule has 0 radical (unpaired) electrons. The van der Waals surface area contributed by atoms with Crippen LogP contribution in [-0.4, -0.2) is 34.2 Å². The van der Waals surface area contributed by atoms with Crippen LogP contribution in [0.4, 0.5) is 16.0 Å². The number of hydrogen-bond donors (Lipinski definition) is 3. The van der Waals surface area contributed by atoms with E-state index in [9.17, 15) is 4.39 Å². The number of aromatic nitrogens is 3. The molecular formula is C21H24FN7. The number of rotatable bonds is 6. The number of H-pyrrole nitrogens is 1. The van der Waals surface area contributed by atoms with E-state index in [0.29, 0.717) is 35.5 Å². The molecule has 0 aliphatic rings. The van der Waals surface area contributed by atoms with Crippen molar-refractivity contribution in [1.82, 2.24) is 15.0 Å². The van der Waals surface area contributed by atoms with Gasteiger partial charge >= 0.3 is 0 Å². The second kappa shape index (κ2) is 8.64. The molecule has 0 aliphatic carbocycles. The van der Waals surface area contributed by atoms with Crippen molar-refractivity contribution < 1.29 is 4.39 Å². The Balaban J connectivity index is 1.76. The highest BCUT2D eigenvalue weighted by atomic mass is 19.1. The molecule has 150 valence electrons. The monoisotopic (exact) mass is 393 g/mol. The molecule has 3 aromatic rings. The van der Waals surface area contributed by atoms with Crippen LogP contribution in [0.5, 0.6) is 0 Å². The Morgan fingerprint density at radius 3 is 2.72 bits per heavy atom. The van der Waals surface area contributed by atoms with E-state index in [1.807, 2.05) is 19.9 Å². The van der Waals surface area contributed by atoms with Crippen LogP contribution >= 0.6 is 0 Å². The molecule has 0 aliphatic heterocycles. The summed E-state index contributed by atoms with van der Waals surface area (Å²) in [5, 5.41) is 7.23. The highest BCUT2D eigenvalue weighted by Gasteiger charge is 2.14. The minimum absolute atomic E-state index is 0.233. The normalized spacial score (nSPS) is 11.5. The van der Waals surface area contributed by atoms with Gasteiger partial charge in [-0.1, -0.05) is 12.6 Å². The Morgan fingerprint density at radius 2 is 2.00 bits per heavy atom. The first-order valence-corrected chi connectivity index (χ1v) is 9.21. The minimum Gasteiger partial charge on any atom is -0.370 e. The number of nitrogens with zero attached hydrogens (tertiary/aromatic N) is 4. The van der Waals surface area contributed by atoms with Gasteiger partial charge in [-0.15, -0.1) is 0 Å². The molecule has 0 saturated carbocycles. The Bertz CT molecular complexity index is 1100. The Kier molecular flexibility index (Phi) is 6.01. The molecule has 0 fully saturated rings. The molecule has 0 spiro atoms. The molecule has 3 N–H and O–H groups in total. The van der Waals surface area contributed by atoms with Crippen molar-refractivity contribution in [2.45, 2.75) is 27.2 Å². The number of guanidine groups is 1. The van der Waals surface area contributed by atoms with Gasteiger partial charge in [0.15, 0.2) is 0 Å². The van der Waals surface area contributed by atoms with Gasteiger partial charge in [-0.05, 0) is 51.1 Å². The van der Waals surface area contributed by atoms with Crippen molar-refractivity contribution in [3.63, 3.8) is 0 Å². The summed E-state index contributed by atoms with van der Waals surface area (Å²) in [5.74, 6) is 1.89. The number of nitrogens with one attached hydrogen (secondary N) is 3. The van der Waals surface area contributed by atoms with Gasteiger partial charge in [0.2, 0.25) is 5.96 Å². The second-order valence-corrected chi connectivity index (χ2v) is 6.62. The lowest BCUT2D eigenvalue weighted by molar-refractivity contribution is 0.637. The van der Waals surface area contributed by atoms with Crippen molar-refractivity contribution in [2.75, 3.05) is 17.2 Å². The molecule has 1 aromatic carbocycles. The largest absolute Gasteiger partial charge is 0.370 e. The molecular weight excluding hydrogens is 369 g/mol. The van der Waals surface area contributed by atoms with E-state index in [-0.39, 0.29) is 5.82 Å². The topological polar surface area (TPSA) is 90.3 Å². The lowest BCUT2D eigenvalue weighted by Crippen LogP contribution is -2.13. The average Bonchev–Trinajstić information content (AvgIpc) is 3.02. The van der Waals surface area contributed by atoms with Crippen LogP contribution in [0.15, 0.2) is 41.0 Å². The summed E-state index contributed by atoms with van der Waals surface area (Å²) in [6, 6.07) is 5.07. The molecule has 8 heteroatoms. The summed E-state index contributed by atoms with van der Waals surface area (Å²) in [7, 11) is 0. The van der Waals surface area contributed by atoms with E-state index in [1.54, 1.807) is 13.0 Å².